The molecule has 0 saturated heterocycles. The summed E-state index contributed by atoms with van der Waals surface area (Å²) in [4.78, 5) is 0. The summed E-state index contributed by atoms with van der Waals surface area (Å²) < 4.78 is 25.7. The molecule has 0 aromatic heterocycles. The fourth-order valence-corrected chi connectivity index (χ4v) is 3.91. The van der Waals surface area contributed by atoms with Crippen molar-refractivity contribution in [3.05, 3.63) is 56.8 Å². The van der Waals surface area contributed by atoms with Crippen molar-refractivity contribution >= 4 is 27.5 Å². The van der Waals surface area contributed by atoms with E-state index in [1.807, 2.05) is 12.1 Å². The molecule has 3 rings (SSSR count). The normalized spacial score (nSPS) is 14.6. The molecule has 0 radical (unpaired) electrons. The third kappa shape index (κ3) is 4.70. The van der Waals surface area contributed by atoms with Crippen molar-refractivity contribution in [3.63, 3.8) is 0 Å². The molecule has 2 aromatic carbocycles. The number of hydrogen-bond acceptors (Lipinski definition) is 3. The van der Waals surface area contributed by atoms with Crippen LogP contribution in [0.3, 0.4) is 0 Å². The highest BCUT2D eigenvalue weighted by atomic mass is 79.9. The van der Waals surface area contributed by atoms with Crippen molar-refractivity contribution in [2.24, 2.45) is 0 Å². The molecule has 1 aliphatic rings. The highest BCUT2D eigenvalue weighted by Crippen LogP contribution is 2.37. The number of hydrogen-bond donors (Lipinski definition) is 1. The van der Waals surface area contributed by atoms with Gasteiger partial charge < -0.3 is 14.8 Å². The molecule has 0 spiro atoms. The SMILES string of the molecule is COc1ccc(Br)c(CNC2CCCC2)c1OCc1ccc(F)cc1Cl. The van der Waals surface area contributed by atoms with Crippen LogP contribution in [0.25, 0.3) is 0 Å². The second kappa shape index (κ2) is 9.07. The Kier molecular flexibility index (Phi) is 6.79. The number of nitrogens with one attached hydrogen (secondary N) is 1. The maximum absolute atomic E-state index is 13.2. The molecule has 6 heteroatoms. The Morgan fingerprint density at radius 2 is 2.00 bits per heavy atom. The maximum atomic E-state index is 13.2. The first-order chi connectivity index (χ1) is 12.6. The van der Waals surface area contributed by atoms with Gasteiger partial charge in [0.25, 0.3) is 0 Å². The van der Waals surface area contributed by atoms with E-state index in [1.165, 1.54) is 37.8 Å². The van der Waals surface area contributed by atoms with E-state index in [0.717, 1.165) is 15.6 Å². The van der Waals surface area contributed by atoms with E-state index in [4.69, 9.17) is 21.1 Å². The van der Waals surface area contributed by atoms with Crippen LogP contribution in [0.1, 0.15) is 36.8 Å². The summed E-state index contributed by atoms with van der Waals surface area (Å²) in [6, 6.07) is 8.69. The monoisotopic (exact) mass is 441 g/mol. The average molecular weight is 443 g/mol. The van der Waals surface area contributed by atoms with Crippen LogP contribution in [0, 0.1) is 5.82 Å². The molecule has 2 aromatic rings. The third-order valence-electron chi connectivity index (χ3n) is 4.70. The van der Waals surface area contributed by atoms with Crippen LogP contribution in [0.15, 0.2) is 34.8 Å². The topological polar surface area (TPSA) is 30.5 Å². The fourth-order valence-electron chi connectivity index (χ4n) is 3.23. The zero-order chi connectivity index (χ0) is 18.5. The van der Waals surface area contributed by atoms with E-state index in [0.29, 0.717) is 29.1 Å². The van der Waals surface area contributed by atoms with Crippen molar-refractivity contribution in [2.75, 3.05) is 7.11 Å². The highest BCUT2D eigenvalue weighted by molar-refractivity contribution is 9.10. The van der Waals surface area contributed by atoms with Crippen molar-refractivity contribution < 1.29 is 13.9 Å². The molecule has 3 nitrogen and oxygen atoms in total. The number of ether oxygens (including phenoxy) is 2. The standard InChI is InChI=1S/C20H22BrClFNO2/c1-25-19-9-8-17(21)16(11-24-15-4-2-3-5-15)20(19)26-12-13-6-7-14(23)10-18(13)22/h6-10,15,24H,2-5,11-12H2,1H3. The molecular weight excluding hydrogens is 421 g/mol. The minimum absolute atomic E-state index is 0.238. The van der Waals surface area contributed by atoms with Gasteiger partial charge in [-0.05, 0) is 37.1 Å². The van der Waals surface area contributed by atoms with E-state index < -0.39 is 0 Å². The quantitative estimate of drug-likeness (QED) is 0.582. The van der Waals surface area contributed by atoms with Gasteiger partial charge in [0, 0.05) is 28.2 Å². The summed E-state index contributed by atoms with van der Waals surface area (Å²) in [7, 11) is 1.62. The van der Waals surface area contributed by atoms with Gasteiger partial charge in [-0.15, -0.1) is 0 Å². The lowest BCUT2D eigenvalue weighted by molar-refractivity contribution is 0.280. The van der Waals surface area contributed by atoms with Crippen LogP contribution in [-0.4, -0.2) is 13.2 Å². The maximum Gasteiger partial charge on any atom is 0.167 e. The molecule has 0 heterocycles. The summed E-state index contributed by atoms with van der Waals surface area (Å²) in [5.41, 5.74) is 1.74. The zero-order valence-corrected chi connectivity index (χ0v) is 17.0. The molecule has 140 valence electrons. The summed E-state index contributed by atoms with van der Waals surface area (Å²) >= 11 is 9.73. The molecule has 1 aliphatic carbocycles. The smallest absolute Gasteiger partial charge is 0.167 e. The Bertz CT molecular complexity index is 766. The number of rotatable bonds is 7. The van der Waals surface area contributed by atoms with Gasteiger partial charge in [-0.25, -0.2) is 4.39 Å². The summed E-state index contributed by atoms with van der Waals surface area (Å²) in [6.07, 6.45) is 4.98. The minimum atomic E-state index is -0.361. The number of methoxy groups -OCH3 is 1. The largest absolute Gasteiger partial charge is 0.493 e. The first-order valence-corrected chi connectivity index (χ1v) is 9.91. The second-order valence-electron chi connectivity index (χ2n) is 6.44. The molecule has 1 fully saturated rings. The van der Waals surface area contributed by atoms with E-state index in [2.05, 4.69) is 21.2 Å². The molecule has 0 bridgehead atoms. The van der Waals surface area contributed by atoms with Gasteiger partial charge in [-0.3, -0.25) is 0 Å². The first-order valence-electron chi connectivity index (χ1n) is 8.74. The number of halogens is 3. The van der Waals surface area contributed by atoms with Crippen LogP contribution in [0.5, 0.6) is 11.5 Å². The van der Waals surface area contributed by atoms with Crippen molar-refractivity contribution in [2.45, 2.75) is 44.9 Å². The Morgan fingerprint density at radius 1 is 1.23 bits per heavy atom. The summed E-state index contributed by atoms with van der Waals surface area (Å²) in [5.74, 6) is 0.975. The van der Waals surface area contributed by atoms with Crippen LogP contribution in [-0.2, 0) is 13.2 Å². The molecule has 0 amide bonds. The van der Waals surface area contributed by atoms with Gasteiger partial charge in [0.15, 0.2) is 11.5 Å². The van der Waals surface area contributed by atoms with Gasteiger partial charge in [0.2, 0.25) is 0 Å². The Balaban J connectivity index is 1.79. The molecule has 26 heavy (non-hydrogen) atoms. The van der Waals surface area contributed by atoms with E-state index >= 15 is 0 Å². The molecular formula is C20H22BrClFNO2. The van der Waals surface area contributed by atoms with Gasteiger partial charge in [-0.2, -0.15) is 0 Å². The van der Waals surface area contributed by atoms with Crippen LogP contribution in [0.2, 0.25) is 5.02 Å². The predicted molar refractivity (Wildman–Crippen MR) is 106 cm³/mol. The Labute approximate surface area is 167 Å². The zero-order valence-electron chi connectivity index (χ0n) is 14.7. The van der Waals surface area contributed by atoms with Crippen LogP contribution >= 0.6 is 27.5 Å². The molecule has 0 aliphatic heterocycles. The van der Waals surface area contributed by atoms with Crippen LogP contribution < -0.4 is 14.8 Å². The van der Waals surface area contributed by atoms with Gasteiger partial charge >= 0.3 is 0 Å². The van der Waals surface area contributed by atoms with E-state index in [9.17, 15) is 4.39 Å². The second-order valence-corrected chi connectivity index (χ2v) is 7.71. The van der Waals surface area contributed by atoms with Crippen molar-refractivity contribution in [1.82, 2.24) is 5.32 Å². The van der Waals surface area contributed by atoms with Gasteiger partial charge in [0.05, 0.1) is 12.1 Å². The fraction of sp³-hybridized carbons (Fsp3) is 0.400. The third-order valence-corrected chi connectivity index (χ3v) is 5.79. The van der Waals surface area contributed by atoms with E-state index in [1.54, 1.807) is 13.2 Å². The van der Waals surface area contributed by atoms with Gasteiger partial charge in [0.1, 0.15) is 12.4 Å². The van der Waals surface area contributed by atoms with E-state index in [-0.39, 0.29) is 12.4 Å². The lowest BCUT2D eigenvalue weighted by Crippen LogP contribution is -2.25. The lowest BCUT2D eigenvalue weighted by Gasteiger charge is -2.19. The Hall–Kier alpha value is -1.30. The molecule has 0 atom stereocenters. The first kappa shape index (κ1) is 19.5. The average Bonchev–Trinajstić information content (AvgIpc) is 3.14. The molecule has 1 saturated carbocycles. The summed E-state index contributed by atoms with van der Waals surface area (Å²) in [5, 5.41) is 3.96. The number of benzene rings is 2. The summed E-state index contributed by atoms with van der Waals surface area (Å²) in [6.45, 7) is 0.928. The van der Waals surface area contributed by atoms with Gasteiger partial charge in [-0.1, -0.05) is 46.4 Å². The highest BCUT2D eigenvalue weighted by Gasteiger charge is 2.19. The molecule has 0 unspecified atom stereocenters. The Morgan fingerprint density at radius 3 is 2.69 bits per heavy atom. The van der Waals surface area contributed by atoms with Crippen molar-refractivity contribution in [3.8, 4) is 11.5 Å². The predicted octanol–water partition coefficient (Wildman–Crippen LogP) is 5.86. The van der Waals surface area contributed by atoms with Crippen molar-refractivity contribution in [1.29, 1.82) is 0 Å². The molecule has 1 N–H and O–H groups in total. The van der Waals surface area contributed by atoms with Crippen LogP contribution in [0.4, 0.5) is 4.39 Å². The minimum Gasteiger partial charge on any atom is -0.493 e. The lowest BCUT2D eigenvalue weighted by atomic mass is 10.1.